The summed E-state index contributed by atoms with van der Waals surface area (Å²) in [5, 5.41) is 0. The Bertz CT molecular complexity index is 1060. The quantitative estimate of drug-likeness (QED) is 0.543. The molecule has 0 fully saturated rings. The van der Waals surface area contributed by atoms with Gasteiger partial charge < -0.3 is 4.98 Å². The number of aromatic amines is 1. The SMILES string of the molecule is C=C(C(=O)c1c(C)cccc1F)c1c[nH]cc1C1=Cc2cnccc2C1. The molecule has 0 saturated carbocycles. The third-order valence-electron chi connectivity index (χ3n) is 4.80. The molecule has 0 saturated heterocycles. The fraction of sp³-hybridized carbons (Fsp3) is 0.0909. The van der Waals surface area contributed by atoms with Crippen LogP contribution in [-0.2, 0) is 6.42 Å². The Balaban J connectivity index is 1.70. The highest BCUT2D eigenvalue weighted by atomic mass is 19.1. The zero-order valence-corrected chi connectivity index (χ0v) is 14.3. The summed E-state index contributed by atoms with van der Waals surface area (Å²) in [6.45, 7) is 5.69. The number of halogens is 1. The number of allylic oxidation sites excluding steroid dienone is 2. The molecule has 3 nitrogen and oxygen atoms in total. The number of carbonyl (C=O) groups is 1. The number of ketones is 1. The van der Waals surface area contributed by atoms with E-state index in [1.807, 2.05) is 18.5 Å². The summed E-state index contributed by atoms with van der Waals surface area (Å²) in [6.07, 6.45) is 10.0. The molecule has 2 aromatic heterocycles. The van der Waals surface area contributed by atoms with Gasteiger partial charge in [-0.15, -0.1) is 0 Å². The molecule has 0 aliphatic heterocycles. The van der Waals surface area contributed by atoms with E-state index >= 15 is 0 Å². The number of aromatic nitrogens is 2. The van der Waals surface area contributed by atoms with Crippen LogP contribution in [0.25, 0.3) is 17.2 Å². The number of H-pyrrole nitrogens is 1. The summed E-state index contributed by atoms with van der Waals surface area (Å²) in [6, 6.07) is 6.62. The summed E-state index contributed by atoms with van der Waals surface area (Å²) in [5.74, 6) is -0.911. The minimum Gasteiger partial charge on any atom is -0.366 e. The highest BCUT2D eigenvalue weighted by Crippen LogP contribution is 2.35. The predicted molar refractivity (Wildman–Crippen MR) is 101 cm³/mol. The molecule has 4 rings (SSSR count). The fourth-order valence-corrected chi connectivity index (χ4v) is 3.42. The van der Waals surface area contributed by atoms with E-state index < -0.39 is 5.82 Å². The number of hydrogen-bond donors (Lipinski definition) is 1. The van der Waals surface area contributed by atoms with Gasteiger partial charge in [-0.1, -0.05) is 18.7 Å². The van der Waals surface area contributed by atoms with E-state index in [2.05, 4.69) is 22.6 Å². The number of rotatable bonds is 4. The van der Waals surface area contributed by atoms with E-state index in [-0.39, 0.29) is 16.9 Å². The van der Waals surface area contributed by atoms with Crippen molar-refractivity contribution in [1.29, 1.82) is 0 Å². The Kier molecular flexibility index (Phi) is 3.88. The standard InChI is InChI=1S/C22H17FN2O/c1-13-4-3-5-20(23)21(13)22(26)14(2)18-11-25-12-19(18)16-8-15-6-7-24-10-17(15)9-16/h3-7,9-12,25H,2,8H2,1H3. The fourth-order valence-electron chi connectivity index (χ4n) is 3.42. The van der Waals surface area contributed by atoms with Crippen molar-refractivity contribution in [1.82, 2.24) is 9.97 Å². The maximum absolute atomic E-state index is 14.2. The van der Waals surface area contributed by atoms with E-state index in [1.165, 1.54) is 11.6 Å². The lowest BCUT2D eigenvalue weighted by Gasteiger charge is -2.10. The molecule has 0 unspecified atom stereocenters. The predicted octanol–water partition coefficient (Wildman–Crippen LogP) is 4.85. The third-order valence-corrected chi connectivity index (χ3v) is 4.80. The lowest BCUT2D eigenvalue weighted by atomic mass is 9.92. The summed E-state index contributed by atoms with van der Waals surface area (Å²) in [7, 11) is 0. The Labute approximate surface area is 150 Å². The number of benzene rings is 1. The second-order valence-electron chi connectivity index (χ2n) is 6.44. The van der Waals surface area contributed by atoms with Crippen molar-refractivity contribution in [2.24, 2.45) is 0 Å². The molecule has 3 aromatic rings. The number of nitrogens with one attached hydrogen (secondary N) is 1. The van der Waals surface area contributed by atoms with Crippen molar-refractivity contribution >= 4 is 23.0 Å². The maximum Gasteiger partial charge on any atom is 0.196 e. The topological polar surface area (TPSA) is 45.8 Å². The molecule has 1 aliphatic rings. The first-order chi connectivity index (χ1) is 12.6. The van der Waals surface area contributed by atoms with Crippen LogP contribution in [-0.4, -0.2) is 15.8 Å². The molecule has 0 radical (unpaired) electrons. The minimum absolute atomic E-state index is 0.0811. The first kappa shape index (κ1) is 16.2. The summed E-state index contributed by atoms with van der Waals surface area (Å²) < 4.78 is 14.2. The molecule has 1 aliphatic carbocycles. The van der Waals surface area contributed by atoms with Crippen LogP contribution in [0.3, 0.4) is 0 Å². The smallest absolute Gasteiger partial charge is 0.196 e. The van der Waals surface area contributed by atoms with Crippen LogP contribution in [0.2, 0.25) is 0 Å². The maximum atomic E-state index is 14.2. The van der Waals surface area contributed by atoms with Crippen molar-refractivity contribution in [3.63, 3.8) is 0 Å². The van der Waals surface area contributed by atoms with Crippen molar-refractivity contribution in [3.8, 4) is 0 Å². The van der Waals surface area contributed by atoms with E-state index in [4.69, 9.17) is 0 Å². The molecule has 1 N–H and O–H groups in total. The average Bonchev–Trinajstić information content (AvgIpc) is 3.27. The number of Topliss-reactive ketones (excluding diaryl/α,β-unsaturated/α-hetero) is 1. The summed E-state index contributed by atoms with van der Waals surface area (Å²) >= 11 is 0. The van der Waals surface area contributed by atoms with Gasteiger partial charge in [-0.05, 0) is 53.8 Å². The molecule has 0 spiro atoms. The molecule has 1 aromatic carbocycles. The highest BCUT2D eigenvalue weighted by Gasteiger charge is 2.23. The van der Waals surface area contributed by atoms with Gasteiger partial charge >= 0.3 is 0 Å². The van der Waals surface area contributed by atoms with Gasteiger partial charge in [0.1, 0.15) is 5.82 Å². The Morgan fingerprint density at radius 3 is 2.88 bits per heavy atom. The Morgan fingerprint density at radius 2 is 2.12 bits per heavy atom. The first-order valence-electron chi connectivity index (χ1n) is 8.36. The molecular formula is C22H17FN2O. The van der Waals surface area contributed by atoms with Crippen LogP contribution < -0.4 is 0 Å². The molecule has 0 amide bonds. The molecule has 0 atom stereocenters. The molecule has 26 heavy (non-hydrogen) atoms. The number of aryl methyl sites for hydroxylation is 1. The lowest BCUT2D eigenvalue weighted by molar-refractivity contribution is 0.105. The monoisotopic (exact) mass is 344 g/mol. The molecular weight excluding hydrogens is 327 g/mol. The zero-order chi connectivity index (χ0) is 18.3. The van der Waals surface area contributed by atoms with E-state index in [0.717, 1.165) is 23.1 Å². The minimum atomic E-state index is -0.521. The van der Waals surface area contributed by atoms with Crippen molar-refractivity contribution in [2.45, 2.75) is 13.3 Å². The van der Waals surface area contributed by atoms with E-state index in [1.54, 1.807) is 31.5 Å². The van der Waals surface area contributed by atoms with E-state index in [0.29, 0.717) is 11.1 Å². The number of carbonyl (C=O) groups excluding carboxylic acids is 1. The van der Waals surface area contributed by atoms with Crippen molar-refractivity contribution in [2.75, 3.05) is 0 Å². The van der Waals surface area contributed by atoms with Gasteiger partial charge in [0.2, 0.25) is 0 Å². The number of hydrogen-bond acceptors (Lipinski definition) is 2. The molecule has 0 bridgehead atoms. The van der Waals surface area contributed by atoms with Crippen molar-refractivity contribution < 1.29 is 9.18 Å². The summed E-state index contributed by atoms with van der Waals surface area (Å²) in [5.41, 5.74) is 5.94. The Morgan fingerprint density at radius 1 is 1.27 bits per heavy atom. The first-order valence-corrected chi connectivity index (χ1v) is 8.36. The van der Waals surface area contributed by atoms with Gasteiger partial charge in [0, 0.05) is 41.5 Å². The molecule has 128 valence electrons. The van der Waals surface area contributed by atoms with Gasteiger partial charge in [-0.25, -0.2) is 4.39 Å². The number of pyridine rings is 1. The van der Waals surface area contributed by atoms with E-state index in [9.17, 15) is 9.18 Å². The van der Waals surface area contributed by atoms with Crippen molar-refractivity contribution in [3.05, 3.63) is 94.8 Å². The normalized spacial score (nSPS) is 12.6. The van der Waals surface area contributed by atoms with Gasteiger partial charge in [-0.2, -0.15) is 0 Å². The summed E-state index contributed by atoms with van der Waals surface area (Å²) in [4.78, 5) is 20.1. The van der Waals surface area contributed by atoms with Crippen LogP contribution in [0, 0.1) is 12.7 Å². The van der Waals surface area contributed by atoms with Gasteiger partial charge in [-0.3, -0.25) is 9.78 Å². The second-order valence-corrected chi connectivity index (χ2v) is 6.44. The number of nitrogens with zero attached hydrogens (tertiary/aromatic N) is 1. The van der Waals surface area contributed by atoms with Gasteiger partial charge in [0.05, 0.1) is 5.56 Å². The van der Waals surface area contributed by atoms with Gasteiger partial charge in [0.15, 0.2) is 5.78 Å². The average molecular weight is 344 g/mol. The van der Waals surface area contributed by atoms with Crippen LogP contribution >= 0.6 is 0 Å². The second kappa shape index (κ2) is 6.23. The molecule has 2 heterocycles. The van der Waals surface area contributed by atoms with Crippen LogP contribution in [0.15, 0.2) is 55.6 Å². The largest absolute Gasteiger partial charge is 0.366 e. The van der Waals surface area contributed by atoms with Crippen LogP contribution in [0.1, 0.15) is 38.2 Å². The Hall–Kier alpha value is -3.27. The third kappa shape index (κ3) is 2.60. The zero-order valence-electron chi connectivity index (χ0n) is 14.3. The van der Waals surface area contributed by atoms with Crippen LogP contribution in [0.4, 0.5) is 4.39 Å². The lowest BCUT2D eigenvalue weighted by Crippen LogP contribution is -2.07. The highest BCUT2D eigenvalue weighted by molar-refractivity contribution is 6.29. The number of fused-ring (bicyclic) bond motifs is 1. The van der Waals surface area contributed by atoms with Gasteiger partial charge in [0.25, 0.3) is 0 Å². The molecule has 4 heteroatoms. The van der Waals surface area contributed by atoms with Crippen LogP contribution in [0.5, 0.6) is 0 Å².